The van der Waals surface area contributed by atoms with Gasteiger partial charge in [0.1, 0.15) is 5.58 Å². The molecule has 0 fully saturated rings. The SMILES string of the molecule is Cc1c(C(N)(c2cccc(C(N)=O)c2)S(C)(=O)=O)c(=O)oc2cc(OC(=O)N(C)C)c(Cl)cc12. The summed E-state index contributed by atoms with van der Waals surface area (Å²) in [5, 5.41) is 0.289. The van der Waals surface area contributed by atoms with Crippen LogP contribution in [0.15, 0.2) is 45.6 Å². The molecule has 1 heterocycles. The summed E-state index contributed by atoms with van der Waals surface area (Å²) in [4.78, 5) is 35.5. The minimum absolute atomic E-state index is 0.000978. The van der Waals surface area contributed by atoms with Gasteiger partial charge in [-0.2, -0.15) is 0 Å². The molecular weight excluding hydrogens is 486 g/mol. The molecule has 0 spiro atoms. The number of amides is 2. The van der Waals surface area contributed by atoms with E-state index in [0.717, 1.165) is 6.26 Å². The molecule has 10 nitrogen and oxygen atoms in total. The lowest BCUT2D eigenvalue weighted by atomic mass is 9.93. The summed E-state index contributed by atoms with van der Waals surface area (Å²) >= 11 is 6.28. The summed E-state index contributed by atoms with van der Waals surface area (Å²) in [6, 6.07) is 8.00. The van der Waals surface area contributed by atoms with E-state index in [1.807, 2.05) is 0 Å². The molecule has 34 heavy (non-hydrogen) atoms. The van der Waals surface area contributed by atoms with E-state index in [-0.39, 0.29) is 44.0 Å². The maximum Gasteiger partial charge on any atom is 0.414 e. The number of nitrogens with two attached hydrogens (primary N) is 2. The van der Waals surface area contributed by atoms with Crippen molar-refractivity contribution < 1.29 is 27.2 Å². The topological polar surface area (TPSA) is 163 Å². The molecule has 1 unspecified atom stereocenters. The zero-order chi connectivity index (χ0) is 25.6. The summed E-state index contributed by atoms with van der Waals surface area (Å²) in [5.41, 5.74) is 10.5. The average Bonchev–Trinajstić information content (AvgIpc) is 2.74. The van der Waals surface area contributed by atoms with Crippen molar-refractivity contribution in [1.82, 2.24) is 4.90 Å². The number of benzene rings is 2. The number of ether oxygens (including phenoxy) is 1. The smallest absolute Gasteiger partial charge is 0.414 e. The molecule has 0 saturated carbocycles. The number of rotatable bonds is 5. The van der Waals surface area contributed by atoms with Crippen LogP contribution in [0, 0.1) is 6.92 Å². The number of nitrogens with zero attached hydrogens (tertiary/aromatic N) is 1. The number of primary amides is 1. The fourth-order valence-electron chi connectivity index (χ4n) is 3.49. The molecule has 0 saturated heterocycles. The largest absolute Gasteiger partial charge is 0.422 e. The lowest BCUT2D eigenvalue weighted by molar-refractivity contribution is 0.1000. The maximum atomic E-state index is 13.1. The number of carbonyl (C=O) groups excluding carboxylic acids is 2. The molecule has 180 valence electrons. The number of hydrogen-bond donors (Lipinski definition) is 2. The Morgan fingerprint density at radius 1 is 1.18 bits per heavy atom. The summed E-state index contributed by atoms with van der Waals surface area (Å²) in [6.45, 7) is 1.49. The molecule has 1 atom stereocenters. The minimum Gasteiger partial charge on any atom is -0.422 e. The van der Waals surface area contributed by atoms with Crippen LogP contribution in [0.4, 0.5) is 4.79 Å². The second-order valence-corrected chi connectivity index (χ2v) is 10.5. The third-order valence-corrected chi connectivity index (χ3v) is 7.22. The number of halogens is 1. The molecule has 3 aromatic rings. The Morgan fingerprint density at radius 2 is 1.82 bits per heavy atom. The first kappa shape index (κ1) is 25.2. The number of aryl methyl sites for hydroxylation is 1. The van der Waals surface area contributed by atoms with Crippen molar-refractivity contribution in [1.29, 1.82) is 0 Å². The molecule has 0 aliphatic carbocycles. The number of fused-ring (bicyclic) bond motifs is 1. The van der Waals surface area contributed by atoms with Crippen LogP contribution in [-0.2, 0) is 14.7 Å². The van der Waals surface area contributed by atoms with E-state index in [4.69, 9.17) is 32.2 Å². The molecule has 0 aliphatic heterocycles. The van der Waals surface area contributed by atoms with Gasteiger partial charge in [-0.1, -0.05) is 23.7 Å². The highest BCUT2D eigenvalue weighted by Gasteiger charge is 2.45. The van der Waals surface area contributed by atoms with E-state index in [9.17, 15) is 22.8 Å². The Hall–Kier alpha value is -3.41. The molecule has 0 aliphatic rings. The highest BCUT2D eigenvalue weighted by molar-refractivity contribution is 7.91. The Kier molecular flexibility index (Phi) is 6.49. The zero-order valence-electron chi connectivity index (χ0n) is 18.7. The summed E-state index contributed by atoms with van der Waals surface area (Å²) < 4.78 is 36.5. The number of carbonyl (C=O) groups is 2. The first-order valence-corrected chi connectivity index (χ1v) is 12.0. The monoisotopic (exact) mass is 507 g/mol. The molecule has 1 aromatic heterocycles. The second kappa shape index (κ2) is 8.75. The van der Waals surface area contributed by atoms with Crippen molar-refractivity contribution in [2.24, 2.45) is 11.5 Å². The van der Waals surface area contributed by atoms with Crippen molar-refractivity contribution in [3.8, 4) is 5.75 Å². The molecule has 2 amide bonds. The van der Waals surface area contributed by atoms with E-state index in [2.05, 4.69) is 0 Å². The van der Waals surface area contributed by atoms with E-state index in [1.165, 1.54) is 62.3 Å². The lowest BCUT2D eigenvalue weighted by Crippen LogP contribution is -2.49. The fourth-order valence-corrected chi connectivity index (χ4v) is 4.86. The van der Waals surface area contributed by atoms with Gasteiger partial charge in [0.25, 0.3) is 0 Å². The van der Waals surface area contributed by atoms with Crippen LogP contribution in [-0.4, -0.2) is 45.7 Å². The molecule has 12 heteroatoms. The third-order valence-electron chi connectivity index (χ3n) is 5.31. The average molecular weight is 508 g/mol. The lowest BCUT2D eigenvalue weighted by Gasteiger charge is -2.29. The van der Waals surface area contributed by atoms with Crippen LogP contribution < -0.4 is 21.8 Å². The van der Waals surface area contributed by atoms with Crippen molar-refractivity contribution >= 4 is 44.4 Å². The second-order valence-electron chi connectivity index (χ2n) is 7.88. The standard InChI is InChI=1S/C22H22ClN3O7S/c1-11-14-9-15(23)17(33-21(29)26(2)3)10-16(14)32-20(28)18(11)22(25,34(4,30)31)13-7-5-6-12(8-13)19(24)27/h5-10H,25H2,1-4H3,(H2,24,27). The van der Waals surface area contributed by atoms with Crippen molar-refractivity contribution in [2.75, 3.05) is 20.4 Å². The highest BCUT2D eigenvalue weighted by Crippen LogP contribution is 2.37. The van der Waals surface area contributed by atoms with Gasteiger partial charge in [0.15, 0.2) is 20.5 Å². The number of hydrogen-bond acceptors (Lipinski definition) is 8. The summed E-state index contributed by atoms with van der Waals surface area (Å²) in [6.07, 6.45) is 0.161. The van der Waals surface area contributed by atoms with Crippen molar-refractivity contribution in [3.05, 3.63) is 74.1 Å². The molecule has 0 radical (unpaired) electrons. The summed E-state index contributed by atoms with van der Waals surface area (Å²) in [5.74, 6) is -0.856. The molecule has 0 bridgehead atoms. The third kappa shape index (κ3) is 4.25. The first-order valence-electron chi connectivity index (χ1n) is 9.74. The molecule has 3 rings (SSSR count). The van der Waals surface area contributed by atoms with Gasteiger partial charge in [-0.05, 0) is 36.2 Å². The Labute approximate surface area is 199 Å². The van der Waals surface area contributed by atoms with Gasteiger partial charge in [0.2, 0.25) is 5.91 Å². The van der Waals surface area contributed by atoms with E-state index < -0.39 is 32.3 Å². The maximum absolute atomic E-state index is 13.1. The van der Waals surface area contributed by atoms with Gasteiger partial charge in [-0.15, -0.1) is 0 Å². The van der Waals surface area contributed by atoms with Gasteiger partial charge in [0, 0.05) is 37.4 Å². The number of sulfone groups is 1. The minimum atomic E-state index is -4.21. The van der Waals surface area contributed by atoms with Gasteiger partial charge in [-0.25, -0.2) is 18.0 Å². The van der Waals surface area contributed by atoms with Crippen molar-refractivity contribution in [2.45, 2.75) is 11.8 Å². The van der Waals surface area contributed by atoms with Crippen LogP contribution in [0.25, 0.3) is 11.0 Å². The summed E-state index contributed by atoms with van der Waals surface area (Å²) in [7, 11) is -1.25. The first-order chi connectivity index (χ1) is 15.7. The fraction of sp³-hybridized carbons (Fsp3) is 0.227. The van der Waals surface area contributed by atoms with Crippen LogP contribution in [0.5, 0.6) is 5.75 Å². The predicted molar refractivity (Wildman–Crippen MR) is 127 cm³/mol. The van der Waals surface area contributed by atoms with Gasteiger partial charge in [0.05, 0.1) is 10.6 Å². The van der Waals surface area contributed by atoms with Gasteiger partial charge >= 0.3 is 11.7 Å². The quantitative estimate of drug-likeness (QED) is 0.496. The van der Waals surface area contributed by atoms with Crippen LogP contribution in [0.2, 0.25) is 5.02 Å². The molecular formula is C22H22ClN3O7S. The van der Waals surface area contributed by atoms with Crippen LogP contribution >= 0.6 is 11.6 Å². The van der Waals surface area contributed by atoms with Crippen molar-refractivity contribution in [3.63, 3.8) is 0 Å². The predicted octanol–water partition coefficient (Wildman–Crippen LogP) is 2.12. The Balaban J connectivity index is 2.34. The highest BCUT2D eigenvalue weighted by atomic mass is 35.5. The zero-order valence-corrected chi connectivity index (χ0v) is 20.3. The normalized spacial score (nSPS) is 13.4. The van der Waals surface area contributed by atoms with Gasteiger partial charge in [-0.3, -0.25) is 4.79 Å². The van der Waals surface area contributed by atoms with Gasteiger partial charge < -0.3 is 25.5 Å². The van der Waals surface area contributed by atoms with E-state index >= 15 is 0 Å². The Morgan fingerprint density at radius 3 is 2.38 bits per heavy atom. The Bertz CT molecular complexity index is 1500. The van der Waals surface area contributed by atoms with Crippen LogP contribution in [0.1, 0.15) is 27.0 Å². The van der Waals surface area contributed by atoms with E-state index in [1.54, 1.807) is 0 Å². The molecule has 2 aromatic carbocycles. The van der Waals surface area contributed by atoms with Crippen LogP contribution in [0.3, 0.4) is 0 Å². The molecule has 4 N–H and O–H groups in total. The van der Waals surface area contributed by atoms with E-state index in [0.29, 0.717) is 0 Å².